The zero-order valence-corrected chi connectivity index (χ0v) is 10.8. The molecular weight excluding hydrogens is 268 g/mol. The van der Waals surface area contributed by atoms with Crippen LogP contribution >= 0.6 is 15.9 Å². The highest BCUT2D eigenvalue weighted by molar-refractivity contribution is 9.09. The predicted molar refractivity (Wildman–Crippen MR) is 60.7 cm³/mol. The van der Waals surface area contributed by atoms with Gasteiger partial charge in [-0.25, -0.2) is 4.72 Å². The minimum absolute atomic E-state index is 0.351. The molecule has 1 saturated heterocycles. The van der Waals surface area contributed by atoms with Crippen molar-refractivity contribution in [2.75, 3.05) is 19.6 Å². The molecule has 1 atom stereocenters. The summed E-state index contributed by atoms with van der Waals surface area (Å²) in [7, 11) is -3.19. The van der Waals surface area contributed by atoms with E-state index in [1.807, 2.05) is 6.92 Å². The van der Waals surface area contributed by atoms with Crippen molar-refractivity contribution in [2.24, 2.45) is 0 Å². The van der Waals surface area contributed by atoms with E-state index in [1.165, 1.54) is 4.31 Å². The molecule has 1 unspecified atom stereocenters. The van der Waals surface area contributed by atoms with Crippen LogP contribution in [0.2, 0.25) is 0 Å². The third-order valence-electron chi connectivity index (χ3n) is 2.23. The fourth-order valence-corrected chi connectivity index (χ4v) is 2.93. The lowest BCUT2D eigenvalue weighted by molar-refractivity contribution is 0.464. The average Bonchev–Trinajstić information content (AvgIpc) is 2.54. The first kappa shape index (κ1) is 12.4. The van der Waals surface area contributed by atoms with Gasteiger partial charge in [0.05, 0.1) is 0 Å². The molecule has 1 fully saturated rings. The zero-order chi connectivity index (χ0) is 10.6. The number of hydrogen-bond acceptors (Lipinski definition) is 2. The Morgan fingerprint density at radius 3 is 2.50 bits per heavy atom. The van der Waals surface area contributed by atoms with Crippen LogP contribution in [0.4, 0.5) is 0 Å². The highest BCUT2D eigenvalue weighted by Gasteiger charge is 2.24. The van der Waals surface area contributed by atoms with Gasteiger partial charge in [-0.2, -0.15) is 12.7 Å². The van der Waals surface area contributed by atoms with Gasteiger partial charge in [-0.15, -0.1) is 0 Å². The Hall–Kier alpha value is 0.350. The third-order valence-corrected chi connectivity index (χ3v) is 4.30. The van der Waals surface area contributed by atoms with Crippen LogP contribution in [0.25, 0.3) is 0 Å². The molecule has 1 rings (SSSR count). The van der Waals surface area contributed by atoms with Crippen molar-refractivity contribution in [3.05, 3.63) is 0 Å². The minimum atomic E-state index is -3.19. The monoisotopic (exact) mass is 284 g/mol. The molecule has 4 nitrogen and oxygen atoms in total. The lowest BCUT2D eigenvalue weighted by atomic mass is 10.3. The van der Waals surface area contributed by atoms with Crippen molar-refractivity contribution in [2.45, 2.75) is 31.0 Å². The summed E-state index contributed by atoms with van der Waals surface area (Å²) in [5.74, 6) is 0. The number of hydrogen-bond donors (Lipinski definition) is 1. The predicted octanol–water partition coefficient (Wildman–Crippen LogP) is 1.09. The highest BCUT2D eigenvalue weighted by atomic mass is 79.9. The van der Waals surface area contributed by atoms with E-state index in [2.05, 4.69) is 20.7 Å². The van der Waals surface area contributed by atoms with Crippen LogP contribution in [-0.2, 0) is 10.2 Å². The molecule has 14 heavy (non-hydrogen) atoms. The van der Waals surface area contributed by atoms with Gasteiger partial charge in [0.1, 0.15) is 0 Å². The molecular formula is C8H17BrN2O2S. The summed E-state index contributed by atoms with van der Waals surface area (Å²) >= 11 is 3.38. The quantitative estimate of drug-likeness (QED) is 0.769. The summed E-state index contributed by atoms with van der Waals surface area (Å²) in [4.78, 5) is 0.351. The Bertz CT molecular complexity index is 261. The van der Waals surface area contributed by atoms with Crippen LogP contribution in [-0.4, -0.2) is 37.2 Å². The van der Waals surface area contributed by atoms with Crippen molar-refractivity contribution in [1.29, 1.82) is 0 Å². The molecule has 0 saturated carbocycles. The maximum Gasteiger partial charge on any atom is 0.279 e. The van der Waals surface area contributed by atoms with Gasteiger partial charge in [-0.05, 0) is 19.3 Å². The Kier molecular flexibility index (Phi) is 4.82. The first-order chi connectivity index (χ1) is 6.52. The molecule has 0 radical (unpaired) electrons. The van der Waals surface area contributed by atoms with Crippen molar-refractivity contribution in [3.8, 4) is 0 Å². The standard InChI is InChI=1S/C8H17BrN2O2S/c1-8(9)4-5-10-14(12,13)11-6-2-3-7-11/h8,10H,2-7H2,1H3. The van der Waals surface area contributed by atoms with Crippen molar-refractivity contribution >= 4 is 26.1 Å². The van der Waals surface area contributed by atoms with Gasteiger partial charge in [0, 0.05) is 24.5 Å². The lowest BCUT2D eigenvalue weighted by Crippen LogP contribution is -2.39. The van der Waals surface area contributed by atoms with Crippen molar-refractivity contribution in [1.82, 2.24) is 9.03 Å². The smallest absolute Gasteiger partial charge is 0.202 e. The van der Waals surface area contributed by atoms with Crippen molar-refractivity contribution < 1.29 is 8.42 Å². The first-order valence-corrected chi connectivity index (χ1v) is 7.27. The summed E-state index contributed by atoms with van der Waals surface area (Å²) in [6.45, 7) is 3.84. The molecule has 6 heteroatoms. The van der Waals surface area contributed by atoms with Crippen molar-refractivity contribution in [3.63, 3.8) is 0 Å². The Balaban J connectivity index is 2.34. The third kappa shape index (κ3) is 3.84. The largest absolute Gasteiger partial charge is 0.279 e. The van der Waals surface area contributed by atoms with Crippen LogP contribution in [0, 0.1) is 0 Å². The molecule has 1 heterocycles. The van der Waals surface area contributed by atoms with E-state index in [4.69, 9.17) is 0 Å². The maximum atomic E-state index is 11.6. The molecule has 1 aliphatic rings. The summed E-state index contributed by atoms with van der Waals surface area (Å²) in [5, 5.41) is 0. The van der Waals surface area contributed by atoms with E-state index in [-0.39, 0.29) is 0 Å². The fourth-order valence-electron chi connectivity index (χ4n) is 1.41. The highest BCUT2D eigenvalue weighted by Crippen LogP contribution is 2.11. The molecule has 0 spiro atoms. The van der Waals surface area contributed by atoms with E-state index in [1.54, 1.807) is 0 Å². The average molecular weight is 285 g/mol. The van der Waals surface area contributed by atoms with E-state index in [0.717, 1.165) is 19.3 Å². The number of nitrogens with one attached hydrogen (secondary N) is 1. The number of nitrogens with zero attached hydrogens (tertiary/aromatic N) is 1. The van der Waals surface area contributed by atoms with Crippen LogP contribution in [0.1, 0.15) is 26.2 Å². The maximum absolute atomic E-state index is 11.6. The van der Waals surface area contributed by atoms with Gasteiger partial charge >= 0.3 is 0 Å². The Morgan fingerprint density at radius 1 is 1.43 bits per heavy atom. The fraction of sp³-hybridized carbons (Fsp3) is 1.00. The molecule has 1 N–H and O–H groups in total. The molecule has 1 aliphatic heterocycles. The first-order valence-electron chi connectivity index (χ1n) is 4.91. The number of rotatable bonds is 5. The molecule has 0 aromatic carbocycles. The van der Waals surface area contributed by atoms with Crippen LogP contribution in [0.5, 0.6) is 0 Å². The van der Waals surface area contributed by atoms with E-state index < -0.39 is 10.2 Å². The summed E-state index contributed by atoms with van der Waals surface area (Å²) in [6, 6.07) is 0. The van der Waals surface area contributed by atoms with Gasteiger partial charge in [0.25, 0.3) is 10.2 Å². The summed E-state index contributed by atoms with van der Waals surface area (Å²) in [5.41, 5.74) is 0. The lowest BCUT2D eigenvalue weighted by Gasteiger charge is -2.16. The number of halogens is 1. The normalized spacial score (nSPS) is 21.3. The zero-order valence-electron chi connectivity index (χ0n) is 8.37. The Labute approximate surface area is 94.4 Å². The Morgan fingerprint density at radius 2 is 2.00 bits per heavy atom. The molecule has 0 aliphatic carbocycles. The second-order valence-electron chi connectivity index (χ2n) is 3.57. The SMILES string of the molecule is CC(Br)CCNS(=O)(=O)N1CCCC1. The molecule has 0 aromatic rings. The van der Waals surface area contributed by atoms with Gasteiger partial charge in [0.2, 0.25) is 0 Å². The molecule has 84 valence electrons. The minimum Gasteiger partial charge on any atom is -0.202 e. The van der Waals surface area contributed by atoms with E-state index in [0.29, 0.717) is 24.5 Å². The summed E-state index contributed by atoms with van der Waals surface area (Å²) < 4.78 is 27.3. The van der Waals surface area contributed by atoms with Gasteiger partial charge in [0.15, 0.2) is 0 Å². The van der Waals surface area contributed by atoms with E-state index in [9.17, 15) is 8.42 Å². The van der Waals surface area contributed by atoms with E-state index >= 15 is 0 Å². The summed E-state index contributed by atoms with van der Waals surface area (Å²) in [6.07, 6.45) is 2.78. The second-order valence-corrected chi connectivity index (χ2v) is 6.89. The topological polar surface area (TPSA) is 49.4 Å². The van der Waals surface area contributed by atoms with Crippen LogP contribution < -0.4 is 4.72 Å². The van der Waals surface area contributed by atoms with Crippen LogP contribution in [0.15, 0.2) is 0 Å². The van der Waals surface area contributed by atoms with Gasteiger partial charge in [-0.1, -0.05) is 22.9 Å². The molecule has 0 aromatic heterocycles. The molecule has 0 amide bonds. The molecule has 0 bridgehead atoms. The van der Waals surface area contributed by atoms with Crippen LogP contribution in [0.3, 0.4) is 0 Å². The number of alkyl halides is 1. The van der Waals surface area contributed by atoms with Gasteiger partial charge in [-0.3, -0.25) is 0 Å². The second kappa shape index (κ2) is 5.44. The van der Waals surface area contributed by atoms with Gasteiger partial charge < -0.3 is 0 Å².